The smallest absolute Gasteiger partial charge is 0.326 e. The third-order valence-electron chi connectivity index (χ3n) is 4.74. The molecule has 4 rings (SSSR count). The van der Waals surface area contributed by atoms with Gasteiger partial charge in [0.25, 0.3) is 0 Å². The van der Waals surface area contributed by atoms with Crippen LogP contribution in [0.1, 0.15) is 0 Å². The Labute approximate surface area is 146 Å². The summed E-state index contributed by atoms with van der Waals surface area (Å²) in [4.78, 5) is 0. The van der Waals surface area contributed by atoms with Gasteiger partial charge in [0.1, 0.15) is 12.4 Å². The molecule has 0 unspecified atom stereocenters. The zero-order valence-electron chi connectivity index (χ0n) is 13.7. The summed E-state index contributed by atoms with van der Waals surface area (Å²) in [5.74, 6) is 0.308. The fourth-order valence-corrected chi connectivity index (χ4v) is 5.54. The highest BCUT2D eigenvalue weighted by Crippen LogP contribution is 2.46. The van der Waals surface area contributed by atoms with E-state index >= 15 is 0 Å². The Morgan fingerprint density at radius 2 is 1.16 bits per heavy atom. The van der Waals surface area contributed by atoms with E-state index in [4.69, 9.17) is 23.1 Å². The first-order valence-electron chi connectivity index (χ1n) is 8.17. The van der Waals surface area contributed by atoms with E-state index in [1.165, 1.54) is 0 Å². The van der Waals surface area contributed by atoms with Gasteiger partial charge in [0, 0.05) is 0 Å². The number of rotatable bonds is 6. The maximum absolute atomic E-state index is 13.6. The zero-order chi connectivity index (χ0) is 17.3. The quantitative estimate of drug-likeness (QED) is 0.508. The third-order valence-corrected chi connectivity index (χ3v) is 6.71. The number of ether oxygens (including phenoxy) is 4. The lowest BCUT2D eigenvalue weighted by Gasteiger charge is -2.35. The van der Waals surface area contributed by atoms with Crippen LogP contribution < -0.4 is 0 Å². The predicted molar refractivity (Wildman–Crippen MR) is 88.3 cm³/mol. The van der Waals surface area contributed by atoms with Gasteiger partial charge in [-0.05, 0) is 22.8 Å². The van der Waals surface area contributed by atoms with Gasteiger partial charge in [-0.2, -0.15) is 8.42 Å². The summed E-state index contributed by atoms with van der Waals surface area (Å²) in [6, 6.07) is 0. The first-order chi connectivity index (χ1) is 12.1. The van der Waals surface area contributed by atoms with Crippen molar-refractivity contribution in [1.29, 1.82) is 0 Å². The second-order valence-corrected chi connectivity index (χ2v) is 7.82. The molecule has 0 aromatic heterocycles. The minimum atomic E-state index is -4.11. The van der Waals surface area contributed by atoms with Gasteiger partial charge < -0.3 is 23.1 Å². The molecule has 0 saturated heterocycles. The van der Waals surface area contributed by atoms with Crippen LogP contribution in [0.15, 0.2) is 46.8 Å². The van der Waals surface area contributed by atoms with Gasteiger partial charge in [-0.15, -0.1) is 0 Å². The minimum absolute atomic E-state index is 0.149. The van der Waals surface area contributed by atoms with E-state index in [1.54, 1.807) is 6.08 Å². The van der Waals surface area contributed by atoms with Gasteiger partial charge in [-0.3, -0.25) is 0 Å². The normalized spacial score (nSPS) is 24.2. The highest BCUT2D eigenvalue weighted by molar-refractivity contribution is 7.89. The van der Waals surface area contributed by atoms with Crippen molar-refractivity contribution in [3.63, 3.8) is 0 Å². The highest BCUT2D eigenvalue weighted by Gasteiger charge is 2.56. The third kappa shape index (κ3) is 2.78. The van der Waals surface area contributed by atoms with Gasteiger partial charge in [0.05, 0.1) is 46.2 Å². The van der Waals surface area contributed by atoms with Crippen LogP contribution in [0.4, 0.5) is 0 Å². The monoisotopic (exact) mass is 368 g/mol. The predicted octanol–water partition coefficient (Wildman–Crippen LogP) is 0.855. The molecule has 7 nitrogen and oxygen atoms in total. The van der Waals surface area contributed by atoms with Crippen LogP contribution in [0, 0.1) is 0 Å². The molecule has 0 atom stereocenters. The fraction of sp³-hybridized carbons (Fsp3) is 0.529. The standard InChI is InChI=1S/C17H20O7S/c18-25(19,24-16-4-8-23-12-16)17(13-1-5-20-9-13,14-2-6-21-10-14)15-3-7-22-11-15/h1-4H,5-12H2. The first kappa shape index (κ1) is 17.0. The summed E-state index contributed by atoms with van der Waals surface area (Å²) < 4.78 is 52.8. The topological polar surface area (TPSA) is 80.3 Å². The lowest BCUT2D eigenvalue weighted by molar-refractivity contribution is 0.184. The molecule has 0 amide bonds. The van der Waals surface area contributed by atoms with E-state index in [2.05, 4.69) is 0 Å². The molecule has 0 fully saturated rings. The molecule has 8 heteroatoms. The molecule has 136 valence electrons. The SMILES string of the molecule is O=S(=O)(OC1=CCOC1)C(C1=CCOC1)(C1=CCOC1)C1=CCOC1. The molecule has 0 aliphatic carbocycles. The molecule has 0 spiro atoms. The molecule has 0 bridgehead atoms. The number of hydrogen-bond donors (Lipinski definition) is 0. The maximum Gasteiger partial charge on any atom is 0.326 e. The summed E-state index contributed by atoms with van der Waals surface area (Å²) in [5.41, 5.74) is 1.96. The van der Waals surface area contributed by atoms with Crippen LogP contribution in [-0.2, 0) is 33.2 Å². The van der Waals surface area contributed by atoms with Crippen molar-refractivity contribution in [3.8, 4) is 0 Å². The highest BCUT2D eigenvalue weighted by atomic mass is 32.2. The molecular weight excluding hydrogens is 348 g/mol. The lowest BCUT2D eigenvalue weighted by Crippen LogP contribution is -2.47. The van der Waals surface area contributed by atoms with E-state index in [9.17, 15) is 8.42 Å². The largest absolute Gasteiger partial charge is 0.384 e. The van der Waals surface area contributed by atoms with Gasteiger partial charge in [0.2, 0.25) is 0 Å². The van der Waals surface area contributed by atoms with Crippen LogP contribution >= 0.6 is 0 Å². The van der Waals surface area contributed by atoms with Crippen molar-refractivity contribution in [2.75, 3.05) is 52.9 Å². The molecule has 0 N–H and O–H groups in total. The van der Waals surface area contributed by atoms with E-state index in [0.717, 1.165) is 0 Å². The van der Waals surface area contributed by atoms with Crippen LogP contribution in [0.2, 0.25) is 0 Å². The van der Waals surface area contributed by atoms with Gasteiger partial charge in [0.15, 0.2) is 4.75 Å². The summed E-state index contributed by atoms with van der Waals surface area (Å²) in [7, 11) is -4.11. The fourth-order valence-electron chi connectivity index (χ4n) is 3.63. The Balaban J connectivity index is 1.87. The molecule has 0 aromatic carbocycles. The van der Waals surface area contributed by atoms with Gasteiger partial charge in [-0.1, -0.05) is 18.2 Å². The molecule has 25 heavy (non-hydrogen) atoms. The first-order valence-corrected chi connectivity index (χ1v) is 9.58. The number of hydrogen-bond acceptors (Lipinski definition) is 7. The molecule has 4 heterocycles. The van der Waals surface area contributed by atoms with E-state index in [0.29, 0.717) is 48.9 Å². The maximum atomic E-state index is 13.6. The lowest BCUT2D eigenvalue weighted by atomic mass is 9.84. The molecular formula is C17H20O7S. The van der Waals surface area contributed by atoms with Gasteiger partial charge >= 0.3 is 10.1 Å². The Morgan fingerprint density at radius 1 is 0.720 bits per heavy atom. The second kappa shape index (κ2) is 6.69. The van der Waals surface area contributed by atoms with Crippen molar-refractivity contribution in [2.24, 2.45) is 0 Å². The molecule has 4 aliphatic heterocycles. The summed E-state index contributed by atoms with van der Waals surface area (Å²) in [6.07, 6.45) is 7.09. The molecule has 0 aromatic rings. The Morgan fingerprint density at radius 3 is 1.52 bits per heavy atom. The van der Waals surface area contributed by atoms with Crippen molar-refractivity contribution >= 4 is 10.1 Å². The van der Waals surface area contributed by atoms with E-state index < -0.39 is 14.9 Å². The van der Waals surface area contributed by atoms with Crippen LogP contribution in [0.25, 0.3) is 0 Å². The molecule has 0 radical (unpaired) electrons. The average molecular weight is 368 g/mol. The van der Waals surface area contributed by atoms with Crippen LogP contribution in [-0.4, -0.2) is 66.0 Å². The van der Waals surface area contributed by atoms with Gasteiger partial charge in [-0.25, -0.2) is 0 Å². The Hall–Kier alpha value is -1.45. The van der Waals surface area contributed by atoms with Crippen LogP contribution in [0.3, 0.4) is 0 Å². The second-order valence-electron chi connectivity index (χ2n) is 6.14. The molecule has 0 saturated carbocycles. The van der Waals surface area contributed by atoms with Crippen molar-refractivity contribution in [2.45, 2.75) is 4.75 Å². The Kier molecular flexibility index (Phi) is 4.55. The zero-order valence-corrected chi connectivity index (χ0v) is 14.5. The van der Waals surface area contributed by atoms with Crippen molar-refractivity contribution in [3.05, 3.63) is 46.8 Å². The van der Waals surface area contributed by atoms with E-state index in [-0.39, 0.29) is 26.4 Å². The summed E-state index contributed by atoms with van der Waals surface area (Å²) in [5, 5.41) is 0. The summed E-state index contributed by atoms with van der Waals surface area (Å²) in [6.45, 7) is 2.31. The van der Waals surface area contributed by atoms with E-state index in [1.807, 2.05) is 18.2 Å². The van der Waals surface area contributed by atoms with Crippen LogP contribution in [0.5, 0.6) is 0 Å². The Bertz CT molecular complexity index is 713. The van der Waals surface area contributed by atoms with Crippen molar-refractivity contribution < 1.29 is 31.5 Å². The molecule has 4 aliphatic rings. The minimum Gasteiger partial charge on any atom is -0.384 e. The van der Waals surface area contributed by atoms with Crippen molar-refractivity contribution in [1.82, 2.24) is 0 Å². The summed E-state index contributed by atoms with van der Waals surface area (Å²) >= 11 is 0. The average Bonchev–Trinajstić information content (AvgIpc) is 3.38.